The fraction of sp³-hybridized carbons (Fsp3) is 0.467. The van der Waals surface area contributed by atoms with Crippen LogP contribution in [0.5, 0.6) is 5.75 Å². The summed E-state index contributed by atoms with van der Waals surface area (Å²) in [6.07, 6.45) is -5.48. The van der Waals surface area contributed by atoms with Gasteiger partial charge in [-0.25, -0.2) is 9.59 Å². The van der Waals surface area contributed by atoms with Crippen LogP contribution in [0.4, 0.5) is 18.0 Å². The molecule has 2 N–H and O–H groups in total. The van der Waals surface area contributed by atoms with Crippen molar-refractivity contribution in [2.75, 3.05) is 13.2 Å². The van der Waals surface area contributed by atoms with Crippen LogP contribution in [0.1, 0.15) is 36.7 Å². The molecule has 0 aromatic heterocycles. The summed E-state index contributed by atoms with van der Waals surface area (Å²) >= 11 is 0. The number of carbonyl (C=O) groups excluding carboxylic acids is 1. The lowest BCUT2D eigenvalue weighted by molar-refractivity contribution is -0.139. The molecule has 9 heteroatoms. The Morgan fingerprint density at radius 2 is 1.83 bits per heavy atom. The van der Waals surface area contributed by atoms with Crippen molar-refractivity contribution in [3.05, 3.63) is 29.3 Å². The van der Waals surface area contributed by atoms with Gasteiger partial charge in [0.05, 0.1) is 17.7 Å². The number of rotatable bonds is 5. The minimum atomic E-state index is -4.76. The van der Waals surface area contributed by atoms with E-state index >= 15 is 0 Å². The van der Waals surface area contributed by atoms with Gasteiger partial charge in [-0.1, -0.05) is 0 Å². The molecular formula is C15H18F3NO5. The van der Waals surface area contributed by atoms with Crippen LogP contribution in [0.2, 0.25) is 0 Å². The molecule has 0 aliphatic heterocycles. The summed E-state index contributed by atoms with van der Waals surface area (Å²) in [5, 5.41) is 11.1. The molecule has 24 heavy (non-hydrogen) atoms. The second-order valence-electron chi connectivity index (χ2n) is 5.79. The van der Waals surface area contributed by atoms with Crippen molar-refractivity contribution in [1.29, 1.82) is 0 Å². The van der Waals surface area contributed by atoms with Gasteiger partial charge in [-0.3, -0.25) is 0 Å². The van der Waals surface area contributed by atoms with Gasteiger partial charge in [0.25, 0.3) is 0 Å². The zero-order valence-electron chi connectivity index (χ0n) is 13.4. The number of carbonyl (C=O) groups is 2. The number of ether oxygens (including phenoxy) is 2. The van der Waals surface area contributed by atoms with Gasteiger partial charge < -0.3 is 19.9 Å². The Kier molecular flexibility index (Phi) is 6.05. The van der Waals surface area contributed by atoms with Crippen molar-refractivity contribution in [2.24, 2.45) is 0 Å². The lowest BCUT2D eigenvalue weighted by Crippen LogP contribution is -2.34. The Labute approximate surface area is 136 Å². The maximum absolute atomic E-state index is 13.0. The van der Waals surface area contributed by atoms with E-state index in [0.29, 0.717) is 6.07 Å². The maximum atomic E-state index is 13.0. The van der Waals surface area contributed by atoms with E-state index in [-0.39, 0.29) is 13.2 Å². The molecule has 1 aromatic rings. The maximum Gasteiger partial charge on any atom is 0.419 e. The molecule has 1 aromatic carbocycles. The van der Waals surface area contributed by atoms with E-state index in [2.05, 4.69) is 5.32 Å². The fourth-order valence-electron chi connectivity index (χ4n) is 1.64. The third kappa shape index (κ3) is 6.35. The number of halogens is 3. The number of benzene rings is 1. The highest BCUT2D eigenvalue weighted by atomic mass is 19.4. The highest BCUT2D eigenvalue weighted by molar-refractivity contribution is 5.88. The average Bonchev–Trinajstić information content (AvgIpc) is 2.40. The normalized spacial score (nSPS) is 11.8. The Balaban J connectivity index is 2.68. The lowest BCUT2D eigenvalue weighted by atomic mass is 10.1. The molecule has 0 atom stereocenters. The molecule has 0 heterocycles. The van der Waals surface area contributed by atoms with Gasteiger partial charge in [-0.2, -0.15) is 13.2 Å². The number of hydrogen-bond donors (Lipinski definition) is 2. The molecule has 0 aliphatic rings. The van der Waals surface area contributed by atoms with Crippen molar-refractivity contribution in [2.45, 2.75) is 32.5 Å². The second kappa shape index (κ2) is 7.41. The van der Waals surface area contributed by atoms with Crippen molar-refractivity contribution in [1.82, 2.24) is 5.32 Å². The molecule has 0 saturated heterocycles. The summed E-state index contributed by atoms with van der Waals surface area (Å²) in [7, 11) is 0. The van der Waals surface area contributed by atoms with Gasteiger partial charge in [0.1, 0.15) is 18.0 Å². The number of carboxylic acids is 1. The van der Waals surface area contributed by atoms with Crippen molar-refractivity contribution >= 4 is 12.1 Å². The summed E-state index contributed by atoms with van der Waals surface area (Å²) in [6.45, 7) is 4.69. The fourth-order valence-corrected chi connectivity index (χ4v) is 1.64. The largest absolute Gasteiger partial charge is 0.491 e. The van der Waals surface area contributed by atoms with Crippen LogP contribution in [-0.2, 0) is 10.9 Å². The lowest BCUT2D eigenvalue weighted by Gasteiger charge is -2.20. The van der Waals surface area contributed by atoms with E-state index in [0.717, 1.165) is 12.1 Å². The summed E-state index contributed by atoms with van der Waals surface area (Å²) in [4.78, 5) is 22.2. The van der Waals surface area contributed by atoms with Gasteiger partial charge in [0.2, 0.25) is 0 Å². The van der Waals surface area contributed by atoms with Gasteiger partial charge in [-0.05, 0) is 39.0 Å². The first-order valence-electron chi connectivity index (χ1n) is 6.94. The molecule has 0 unspecified atom stereocenters. The van der Waals surface area contributed by atoms with E-state index in [1.54, 1.807) is 20.8 Å². The molecule has 6 nitrogen and oxygen atoms in total. The zero-order valence-corrected chi connectivity index (χ0v) is 13.4. The summed E-state index contributed by atoms with van der Waals surface area (Å²) in [5.41, 5.74) is -2.39. The first kappa shape index (κ1) is 19.6. The molecule has 0 saturated carbocycles. The molecule has 0 fully saturated rings. The average molecular weight is 349 g/mol. The number of amides is 1. The number of nitrogens with one attached hydrogen (secondary N) is 1. The number of alkyl carbamates (subject to hydrolysis) is 1. The first-order chi connectivity index (χ1) is 10.9. The van der Waals surface area contributed by atoms with Gasteiger partial charge in [-0.15, -0.1) is 0 Å². The molecule has 0 spiro atoms. The molecule has 134 valence electrons. The highest BCUT2D eigenvalue weighted by Gasteiger charge is 2.35. The Bertz CT molecular complexity index is 608. The van der Waals surface area contributed by atoms with Crippen LogP contribution in [0.15, 0.2) is 18.2 Å². The number of alkyl halides is 3. The Hall–Kier alpha value is -2.45. The predicted octanol–water partition coefficient (Wildman–Crippen LogP) is 3.31. The molecule has 0 bridgehead atoms. The highest BCUT2D eigenvalue weighted by Crippen LogP contribution is 2.36. The van der Waals surface area contributed by atoms with Crippen molar-refractivity contribution in [3.63, 3.8) is 0 Å². The monoisotopic (exact) mass is 349 g/mol. The van der Waals surface area contributed by atoms with Crippen LogP contribution >= 0.6 is 0 Å². The quantitative estimate of drug-likeness (QED) is 0.797. The minimum absolute atomic E-state index is 0.0765. The molecule has 0 aliphatic carbocycles. The third-order valence-corrected chi connectivity index (χ3v) is 2.56. The van der Waals surface area contributed by atoms with Crippen LogP contribution < -0.4 is 10.1 Å². The van der Waals surface area contributed by atoms with E-state index < -0.39 is 40.7 Å². The SMILES string of the molecule is CC(C)(C)OC(=O)NCCOc1ccc(C(=O)O)cc1C(F)(F)F. The van der Waals surface area contributed by atoms with Gasteiger partial charge in [0, 0.05) is 0 Å². The van der Waals surface area contributed by atoms with Crippen LogP contribution in [0.3, 0.4) is 0 Å². The van der Waals surface area contributed by atoms with E-state index in [1.165, 1.54) is 0 Å². The zero-order chi connectivity index (χ0) is 18.5. The summed E-state index contributed by atoms with van der Waals surface area (Å²) in [6, 6.07) is 2.44. The second-order valence-corrected chi connectivity index (χ2v) is 5.79. The summed E-state index contributed by atoms with van der Waals surface area (Å²) < 4.78 is 48.8. The molecule has 0 radical (unpaired) electrons. The predicted molar refractivity (Wildman–Crippen MR) is 78.1 cm³/mol. The van der Waals surface area contributed by atoms with Crippen molar-refractivity contribution < 1.29 is 37.3 Å². The van der Waals surface area contributed by atoms with Crippen molar-refractivity contribution in [3.8, 4) is 5.75 Å². The number of hydrogen-bond acceptors (Lipinski definition) is 4. The topological polar surface area (TPSA) is 84.9 Å². The van der Waals surface area contributed by atoms with E-state index in [1.807, 2.05) is 0 Å². The van der Waals surface area contributed by atoms with E-state index in [4.69, 9.17) is 14.6 Å². The molecule has 1 rings (SSSR count). The standard InChI is InChI=1S/C15H18F3NO5/c1-14(2,3)24-13(22)19-6-7-23-11-5-4-9(12(20)21)8-10(11)15(16,17)18/h4-5,8H,6-7H2,1-3H3,(H,19,22)(H,20,21). The number of aromatic carboxylic acids is 1. The van der Waals surface area contributed by atoms with Crippen LogP contribution in [0, 0.1) is 0 Å². The molecule has 1 amide bonds. The van der Waals surface area contributed by atoms with Crippen LogP contribution in [-0.4, -0.2) is 35.9 Å². The first-order valence-corrected chi connectivity index (χ1v) is 6.94. The van der Waals surface area contributed by atoms with Gasteiger partial charge in [0.15, 0.2) is 0 Å². The van der Waals surface area contributed by atoms with Crippen LogP contribution in [0.25, 0.3) is 0 Å². The smallest absolute Gasteiger partial charge is 0.419 e. The number of carboxylic acid groups (broad SMARTS) is 1. The van der Waals surface area contributed by atoms with Gasteiger partial charge >= 0.3 is 18.2 Å². The minimum Gasteiger partial charge on any atom is -0.491 e. The molecular weight excluding hydrogens is 331 g/mol. The summed E-state index contributed by atoms with van der Waals surface area (Å²) in [5.74, 6) is -1.99. The third-order valence-electron chi connectivity index (χ3n) is 2.56. The Morgan fingerprint density at radius 3 is 2.33 bits per heavy atom. The van der Waals surface area contributed by atoms with E-state index in [9.17, 15) is 22.8 Å². The Morgan fingerprint density at radius 1 is 1.21 bits per heavy atom.